The van der Waals surface area contributed by atoms with E-state index in [0.717, 1.165) is 19.4 Å². The molecule has 1 aromatic carbocycles. The average Bonchev–Trinajstić information content (AvgIpc) is 3.15. The van der Waals surface area contributed by atoms with E-state index < -0.39 is 18.0 Å². The summed E-state index contributed by atoms with van der Waals surface area (Å²) in [5.74, 6) is -0.757. The van der Waals surface area contributed by atoms with Crippen molar-refractivity contribution < 1.29 is 22.7 Å². The number of likely N-dealkylation sites (tertiary alicyclic amines) is 1. The lowest BCUT2D eigenvalue weighted by atomic mass is 10.0. The Morgan fingerprint density at radius 3 is 2.68 bits per heavy atom. The maximum atomic E-state index is 12.5. The Morgan fingerprint density at radius 2 is 2.12 bits per heavy atom. The van der Waals surface area contributed by atoms with Gasteiger partial charge in [-0.1, -0.05) is 0 Å². The smallest absolute Gasteiger partial charge is 0.406 e. The van der Waals surface area contributed by atoms with Crippen molar-refractivity contribution in [2.24, 2.45) is 11.7 Å². The topological polar surface area (TPSA) is 73.4 Å². The number of fused-ring (bicyclic) bond motifs is 3. The number of halogens is 3. The molecule has 2 bridgehead atoms. The van der Waals surface area contributed by atoms with Crippen molar-refractivity contribution >= 4 is 16.8 Å². The van der Waals surface area contributed by atoms with Crippen LogP contribution in [0.5, 0.6) is 5.75 Å². The van der Waals surface area contributed by atoms with Crippen LogP contribution in [0.4, 0.5) is 13.2 Å². The number of alkyl halides is 3. The van der Waals surface area contributed by atoms with E-state index in [4.69, 9.17) is 5.73 Å². The van der Waals surface area contributed by atoms with Gasteiger partial charge in [0.2, 0.25) is 0 Å². The van der Waals surface area contributed by atoms with Gasteiger partial charge in [-0.2, -0.15) is 5.10 Å². The van der Waals surface area contributed by atoms with Gasteiger partial charge in [-0.3, -0.25) is 9.48 Å². The minimum atomic E-state index is -4.80. The van der Waals surface area contributed by atoms with Gasteiger partial charge in [0.05, 0.1) is 11.6 Å². The number of benzene rings is 1. The van der Waals surface area contributed by atoms with E-state index in [-0.39, 0.29) is 17.1 Å². The quantitative estimate of drug-likeness (QED) is 0.918. The summed E-state index contributed by atoms with van der Waals surface area (Å²) in [6.07, 6.45) is -2.84. The second kappa shape index (κ2) is 5.35. The van der Waals surface area contributed by atoms with Crippen LogP contribution in [-0.4, -0.2) is 46.6 Å². The minimum Gasteiger partial charge on any atom is -0.406 e. The zero-order valence-electron chi connectivity index (χ0n) is 13.5. The minimum absolute atomic E-state index is 0.0289. The zero-order valence-corrected chi connectivity index (χ0v) is 13.5. The van der Waals surface area contributed by atoms with Gasteiger partial charge in [-0.15, -0.1) is 13.2 Å². The van der Waals surface area contributed by atoms with Crippen molar-refractivity contribution in [2.75, 3.05) is 13.6 Å². The first-order chi connectivity index (χ1) is 11.7. The molecule has 1 saturated heterocycles. The van der Waals surface area contributed by atoms with Gasteiger partial charge in [0.25, 0.3) is 5.91 Å². The molecule has 3 atom stereocenters. The van der Waals surface area contributed by atoms with Crippen LogP contribution in [0, 0.1) is 5.92 Å². The number of ether oxygens (including phenoxy) is 1. The second-order valence-electron chi connectivity index (χ2n) is 6.78. The van der Waals surface area contributed by atoms with Gasteiger partial charge in [0.15, 0.2) is 5.69 Å². The Hall–Kier alpha value is -2.29. The summed E-state index contributed by atoms with van der Waals surface area (Å²) < 4.78 is 43.1. The van der Waals surface area contributed by atoms with Crippen LogP contribution in [0.25, 0.3) is 10.9 Å². The highest BCUT2D eigenvalue weighted by molar-refractivity contribution is 6.04. The van der Waals surface area contributed by atoms with Crippen molar-refractivity contribution in [1.82, 2.24) is 14.7 Å². The molecule has 2 aromatic rings. The average molecular weight is 354 g/mol. The van der Waals surface area contributed by atoms with Gasteiger partial charge in [0.1, 0.15) is 5.75 Å². The monoisotopic (exact) mass is 354 g/mol. The standard InChI is InChI=1S/C16H17F3N4O2/c1-22-7-8-4-9(22)5-13(8)23-12-3-2-10(25-16(17,18)19)6-11(12)14(21-23)15(20)24/h2-3,6,8-9,13H,4-5,7H2,1H3,(H2,20,24). The molecule has 6 nitrogen and oxygen atoms in total. The van der Waals surface area contributed by atoms with Crippen molar-refractivity contribution in [2.45, 2.75) is 31.3 Å². The summed E-state index contributed by atoms with van der Waals surface area (Å²) in [7, 11) is 2.08. The number of primary amides is 1. The number of nitrogens with two attached hydrogens (primary N) is 1. The largest absolute Gasteiger partial charge is 0.573 e. The number of amides is 1. The van der Waals surface area contributed by atoms with Crippen molar-refractivity contribution in [3.63, 3.8) is 0 Å². The molecule has 4 rings (SSSR count). The van der Waals surface area contributed by atoms with E-state index in [2.05, 4.69) is 21.8 Å². The fourth-order valence-electron chi connectivity index (χ4n) is 4.20. The SMILES string of the molecule is CN1CC2CC1CC2n1nc(C(N)=O)c2cc(OC(F)(F)F)ccc21. The molecule has 9 heteroatoms. The van der Waals surface area contributed by atoms with Crippen LogP contribution in [0.2, 0.25) is 0 Å². The fourth-order valence-corrected chi connectivity index (χ4v) is 4.20. The number of piperidine rings is 1. The lowest BCUT2D eigenvalue weighted by Gasteiger charge is -2.29. The van der Waals surface area contributed by atoms with Gasteiger partial charge >= 0.3 is 6.36 Å². The zero-order chi connectivity index (χ0) is 17.9. The molecule has 2 fully saturated rings. The molecule has 1 saturated carbocycles. The molecule has 1 amide bonds. The van der Waals surface area contributed by atoms with Gasteiger partial charge < -0.3 is 15.4 Å². The summed E-state index contributed by atoms with van der Waals surface area (Å²) in [4.78, 5) is 14.0. The van der Waals surface area contributed by atoms with E-state index in [1.807, 2.05) is 0 Å². The van der Waals surface area contributed by atoms with Gasteiger partial charge in [-0.25, -0.2) is 0 Å². The normalized spacial score (nSPS) is 26.5. The number of hydrogen-bond acceptors (Lipinski definition) is 4. The van der Waals surface area contributed by atoms with Crippen LogP contribution in [0.15, 0.2) is 18.2 Å². The van der Waals surface area contributed by atoms with Crippen LogP contribution in [0.3, 0.4) is 0 Å². The lowest BCUT2D eigenvalue weighted by molar-refractivity contribution is -0.274. The summed E-state index contributed by atoms with van der Waals surface area (Å²) in [5.41, 5.74) is 5.95. The molecule has 2 heterocycles. The molecular formula is C16H17F3N4O2. The van der Waals surface area contributed by atoms with Crippen LogP contribution >= 0.6 is 0 Å². The van der Waals surface area contributed by atoms with Crippen LogP contribution in [-0.2, 0) is 0 Å². The predicted octanol–water partition coefficient (Wildman–Crippen LogP) is 2.30. The number of hydrogen-bond donors (Lipinski definition) is 1. The third-order valence-corrected chi connectivity index (χ3v) is 5.24. The lowest BCUT2D eigenvalue weighted by Crippen LogP contribution is -2.33. The molecule has 1 aliphatic carbocycles. The van der Waals surface area contributed by atoms with E-state index >= 15 is 0 Å². The highest BCUT2D eigenvalue weighted by Gasteiger charge is 2.45. The molecule has 25 heavy (non-hydrogen) atoms. The third-order valence-electron chi connectivity index (χ3n) is 5.24. The second-order valence-corrected chi connectivity index (χ2v) is 6.78. The van der Waals surface area contributed by atoms with Gasteiger partial charge in [0, 0.05) is 18.0 Å². The molecule has 1 aliphatic heterocycles. The maximum absolute atomic E-state index is 12.5. The molecule has 3 unspecified atom stereocenters. The predicted molar refractivity (Wildman–Crippen MR) is 83.1 cm³/mol. The first-order valence-electron chi connectivity index (χ1n) is 8.01. The number of carbonyl (C=O) groups is 1. The number of carbonyl (C=O) groups excluding carboxylic acids is 1. The fraction of sp³-hybridized carbons (Fsp3) is 0.500. The Morgan fingerprint density at radius 1 is 1.36 bits per heavy atom. The Kier molecular flexibility index (Phi) is 3.47. The Bertz CT molecular complexity index is 846. The Balaban J connectivity index is 1.77. The Labute approximate surface area is 141 Å². The summed E-state index contributed by atoms with van der Waals surface area (Å²) in [6, 6.07) is 4.50. The summed E-state index contributed by atoms with van der Waals surface area (Å²) in [6.45, 7) is 0.942. The summed E-state index contributed by atoms with van der Waals surface area (Å²) in [5, 5.41) is 4.62. The highest BCUT2D eigenvalue weighted by atomic mass is 19.4. The van der Waals surface area contributed by atoms with E-state index in [1.165, 1.54) is 18.2 Å². The number of aromatic nitrogens is 2. The molecule has 0 spiro atoms. The van der Waals surface area contributed by atoms with Gasteiger partial charge in [-0.05, 0) is 44.0 Å². The number of nitrogens with zero attached hydrogens (tertiary/aromatic N) is 3. The molecule has 2 aliphatic rings. The molecule has 1 aromatic heterocycles. The van der Waals surface area contributed by atoms with Crippen molar-refractivity contribution in [3.05, 3.63) is 23.9 Å². The van der Waals surface area contributed by atoms with Crippen molar-refractivity contribution in [3.8, 4) is 5.75 Å². The maximum Gasteiger partial charge on any atom is 0.573 e. The van der Waals surface area contributed by atoms with Crippen LogP contribution in [0.1, 0.15) is 29.4 Å². The van der Waals surface area contributed by atoms with Crippen molar-refractivity contribution in [1.29, 1.82) is 0 Å². The molecule has 0 radical (unpaired) electrons. The first kappa shape index (κ1) is 16.2. The van der Waals surface area contributed by atoms with Crippen LogP contribution < -0.4 is 10.5 Å². The van der Waals surface area contributed by atoms with E-state index in [9.17, 15) is 18.0 Å². The third kappa shape index (κ3) is 2.72. The molecule has 2 N–H and O–H groups in total. The molecule has 134 valence electrons. The first-order valence-corrected chi connectivity index (χ1v) is 8.01. The molecular weight excluding hydrogens is 337 g/mol. The highest BCUT2D eigenvalue weighted by Crippen LogP contribution is 2.45. The number of rotatable bonds is 3. The van der Waals surface area contributed by atoms with E-state index in [1.54, 1.807) is 4.68 Å². The van der Waals surface area contributed by atoms with E-state index in [0.29, 0.717) is 17.5 Å². The summed E-state index contributed by atoms with van der Waals surface area (Å²) >= 11 is 0.